The number of nitrogens with zero attached hydrogens (tertiary/aromatic N) is 8. The van der Waals surface area contributed by atoms with Crippen molar-refractivity contribution in [1.29, 1.82) is 0 Å². The van der Waals surface area contributed by atoms with Crippen LogP contribution in [0, 0.1) is 29.5 Å². The molecular formula is C100H105BrClFN12O9. The Morgan fingerprint density at radius 3 is 0.823 bits per heavy atom. The molecule has 0 atom stereocenters. The maximum atomic E-state index is 13.1. The number of benzene rings is 8. The van der Waals surface area contributed by atoms with E-state index < -0.39 is 0 Å². The zero-order valence-corrected chi connectivity index (χ0v) is 73.5. The summed E-state index contributed by atoms with van der Waals surface area (Å²) in [7, 11) is 0. The smallest absolute Gasteiger partial charge is 0.229 e. The molecule has 21 nitrogen and oxygen atoms in total. The van der Waals surface area contributed by atoms with Gasteiger partial charge in [0.25, 0.3) is 0 Å². The summed E-state index contributed by atoms with van der Waals surface area (Å²) >= 11 is 9.36. The van der Waals surface area contributed by atoms with Crippen molar-refractivity contribution in [2.24, 2.45) is 23.7 Å². The average Bonchev–Trinajstić information content (AvgIpc) is 0.784. The lowest BCUT2D eigenvalue weighted by atomic mass is 9.90. The molecule has 0 bridgehead atoms. The summed E-state index contributed by atoms with van der Waals surface area (Å²) in [5.74, 6) is 2.92. The Balaban J connectivity index is 0.000000142. The van der Waals surface area contributed by atoms with Gasteiger partial charge in [0, 0.05) is 31.7 Å². The topological polar surface area (TPSA) is 321 Å². The van der Waals surface area contributed by atoms with Crippen LogP contribution in [-0.2, 0) is 148 Å². The van der Waals surface area contributed by atoms with Crippen LogP contribution in [0.15, 0.2) is 174 Å². The van der Waals surface area contributed by atoms with Gasteiger partial charge in [0.15, 0.2) is 23.3 Å². The van der Waals surface area contributed by atoms with Gasteiger partial charge in [-0.25, -0.2) is 44.3 Å². The highest BCUT2D eigenvalue weighted by atomic mass is 79.9. The molecule has 0 aliphatic heterocycles. The fourth-order valence-corrected chi connectivity index (χ4v) is 16.1. The molecule has 0 saturated heterocycles. The number of carbonyl (C=O) groups is 4. The van der Waals surface area contributed by atoms with Crippen LogP contribution in [0.2, 0.25) is 5.02 Å². The Kier molecular flexibility index (Phi) is 30.2. The number of aromatic hydroxyl groups is 1. The van der Waals surface area contributed by atoms with Crippen molar-refractivity contribution < 1.29 is 49.1 Å². The van der Waals surface area contributed by atoms with Crippen molar-refractivity contribution in [1.82, 2.24) is 39.9 Å². The fraction of sp³-hybridized carbons (Fsp3) is 0.320. The Morgan fingerprint density at radius 2 is 0.573 bits per heavy atom. The van der Waals surface area contributed by atoms with E-state index in [-0.39, 0.29) is 80.9 Å². The molecule has 0 radical (unpaired) electrons. The number of phenols is 1. The summed E-state index contributed by atoms with van der Waals surface area (Å²) in [4.78, 5) is 89.9. The molecule has 4 aliphatic carbocycles. The van der Waals surface area contributed by atoms with Gasteiger partial charge in [0.1, 0.15) is 11.6 Å². The Morgan fingerprint density at radius 1 is 0.339 bits per heavy atom. The van der Waals surface area contributed by atoms with Crippen molar-refractivity contribution >= 4 is 74.4 Å². The summed E-state index contributed by atoms with van der Waals surface area (Å²) in [5.41, 5.74) is 26.2. The number of nitrogens with one attached hydrogen (secondary N) is 4. The first-order valence-corrected chi connectivity index (χ1v) is 43.6. The third-order valence-electron chi connectivity index (χ3n) is 21.7. The minimum atomic E-state index is -0.324. The normalized spacial score (nSPS) is 12.4. The molecule has 0 fully saturated rings. The van der Waals surface area contributed by atoms with Crippen LogP contribution >= 0.6 is 27.5 Å². The minimum absolute atomic E-state index is 0.0173. The van der Waals surface area contributed by atoms with Gasteiger partial charge in [-0.2, -0.15) is 0 Å². The van der Waals surface area contributed by atoms with E-state index in [2.05, 4.69) is 98.7 Å². The summed E-state index contributed by atoms with van der Waals surface area (Å²) in [6.45, 7) is 17.1. The molecule has 4 aromatic heterocycles. The maximum Gasteiger partial charge on any atom is 0.229 e. The van der Waals surface area contributed by atoms with Crippen molar-refractivity contribution in [3.63, 3.8) is 0 Å². The minimum Gasteiger partial charge on any atom is -0.508 e. The summed E-state index contributed by atoms with van der Waals surface area (Å²) < 4.78 is 14.1. The van der Waals surface area contributed by atoms with E-state index in [0.717, 1.165) is 209 Å². The highest BCUT2D eigenvalue weighted by molar-refractivity contribution is 9.10. The molecule has 4 aliphatic rings. The van der Waals surface area contributed by atoms with E-state index in [1.165, 1.54) is 28.8 Å². The van der Waals surface area contributed by atoms with Gasteiger partial charge in [0.2, 0.25) is 23.6 Å². The van der Waals surface area contributed by atoms with E-state index in [1.54, 1.807) is 48.5 Å². The molecule has 4 heterocycles. The second-order valence-electron chi connectivity index (χ2n) is 33.7. The van der Waals surface area contributed by atoms with Crippen LogP contribution in [-0.4, -0.2) is 89.0 Å². The molecule has 0 spiro atoms. The number of hydrogen-bond donors (Lipinski definition) is 9. The van der Waals surface area contributed by atoms with E-state index in [4.69, 9.17) is 51.5 Å². The maximum absolute atomic E-state index is 13.1. The van der Waals surface area contributed by atoms with Gasteiger partial charge in [-0.1, -0.05) is 204 Å². The molecule has 12 aromatic rings. The van der Waals surface area contributed by atoms with Crippen LogP contribution in [0.3, 0.4) is 0 Å². The summed E-state index contributed by atoms with van der Waals surface area (Å²) in [6, 6.07) is 51.5. The molecule has 16 rings (SSSR count). The first kappa shape index (κ1) is 90.0. The van der Waals surface area contributed by atoms with E-state index in [9.17, 15) is 49.1 Å². The largest absolute Gasteiger partial charge is 0.508 e. The number of fused-ring (bicyclic) bond motifs is 12. The van der Waals surface area contributed by atoms with Gasteiger partial charge < -0.3 is 46.8 Å². The summed E-state index contributed by atoms with van der Waals surface area (Å²) in [5, 5.41) is 59.7. The molecule has 9 N–H and O–H groups in total. The standard InChI is InChI=1S/C25H26BrN3O2.C25H26ClN3O2.C25H26FN3O2.C25H27N3O3/c3*1-15(2)11-22-25(29-23(31)13-16-3-7-19(26)8-4-16)28-21-10-6-18-12-17(14-30)5-9-20(18)24(21)27-22;1-15(2)11-22-25(28-23(31)13-16-3-7-19(30)8-4-16)27-21-10-6-18-12-17(14-29)5-9-20(18)24(21)26-22/h3*3-5,7-9,12,15,30H,6,10-11,13-14H2,1-2H3,(H,28,29,31);3-5,7-9,12,15,29-30H,6,10-11,13-14H2,1-2H3,(H,27,28,31). The van der Waals surface area contributed by atoms with E-state index in [0.29, 0.717) is 71.2 Å². The average molecular weight is 1750 g/mol. The third kappa shape index (κ3) is 23.6. The van der Waals surface area contributed by atoms with Crippen LogP contribution in [0.4, 0.5) is 27.7 Å². The lowest BCUT2D eigenvalue weighted by Crippen LogP contribution is -2.20. The molecule has 0 unspecified atom stereocenters. The van der Waals surface area contributed by atoms with Gasteiger partial charge in [-0.15, -0.1) is 0 Å². The van der Waals surface area contributed by atoms with Gasteiger partial charge >= 0.3 is 0 Å². The SMILES string of the molecule is CC(C)Cc1nc2c(nc1NC(=O)Cc1ccc(Br)cc1)CCc1cc(CO)ccc1-2.CC(C)Cc1nc2c(nc1NC(=O)Cc1ccc(Cl)cc1)CCc1cc(CO)ccc1-2.CC(C)Cc1nc2c(nc1NC(=O)Cc1ccc(F)cc1)CCc1cc(CO)ccc1-2.CC(C)Cc1nc2c(nc1NC(=O)Cc1ccc(O)cc1)CCc1cc(CO)ccc1-2. The third-order valence-corrected chi connectivity index (χ3v) is 22.5. The van der Waals surface area contributed by atoms with Crippen LogP contribution in [0.25, 0.3) is 45.0 Å². The Bertz CT molecular complexity index is 5160. The first-order chi connectivity index (χ1) is 59.7. The number of rotatable bonds is 24. The van der Waals surface area contributed by atoms with E-state index in [1.807, 2.05) is 103 Å². The second-order valence-corrected chi connectivity index (χ2v) is 35.0. The van der Waals surface area contributed by atoms with Crippen molar-refractivity contribution in [2.75, 3.05) is 21.3 Å². The van der Waals surface area contributed by atoms with Gasteiger partial charge in [-0.3, -0.25) is 19.2 Å². The highest BCUT2D eigenvalue weighted by Gasteiger charge is 2.29. The lowest BCUT2D eigenvalue weighted by molar-refractivity contribution is -0.116. The zero-order chi connectivity index (χ0) is 87.8. The highest BCUT2D eigenvalue weighted by Crippen LogP contribution is 2.40. The molecule has 124 heavy (non-hydrogen) atoms. The van der Waals surface area contributed by atoms with E-state index >= 15 is 0 Å². The predicted molar refractivity (Wildman–Crippen MR) is 487 cm³/mol. The van der Waals surface area contributed by atoms with Crippen LogP contribution in [0.5, 0.6) is 5.75 Å². The molecule has 24 heteroatoms. The molecule has 640 valence electrons. The van der Waals surface area contributed by atoms with Crippen molar-refractivity contribution in [3.8, 4) is 50.8 Å². The molecular weight excluding hydrogens is 1650 g/mol. The number of aliphatic hydroxyl groups is 4. The zero-order valence-electron chi connectivity index (χ0n) is 71.2. The number of aryl methyl sites for hydroxylation is 8. The molecule has 0 saturated carbocycles. The number of halogens is 3. The quantitative estimate of drug-likeness (QED) is 0.0271. The molecule has 4 amide bonds. The monoisotopic (exact) mass is 1750 g/mol. The Hall–Kier alpha value is -11.7. The van der Waals surface area contributed by atoms with Crippen molar-refractivity contribution in [2.45, 2.75) is 185 Å². The fourth-order valence-electron chi connectivity index (χ4n) is 15.7. The molecule has 8 aromatic carbocycles. The number of amides is 4. The van der Waals surface area contributed by atoms with Crippen LogP contribution in [0.1, 0.15) is 168 Å². The summed E-state index contributed by atoms with van der Waals surface area (Å²) in [6.07, 6.45) is 10.1. The number of aliphatic hydroxyl groups excluding tert-OH is 4. The second kappa shape index (κ2) is 41.7. The number of anilines is 4. The van der Waals surface area contributed by atoms with Gasteiger partial charge in [-0.05, 0) is 216 Å². The van der Waals surface area contributed by atoms with Crippen LogP contribution < -0.4 is 21.3 Å². The van der Waals surface area contributed by atoms with Crippen molar-refractivity contribution in [3.05, 3.63) is 297 Å². The Labute approximate surface area is 736 Å². The predicted octanol–water partition coefficient (Wildman–Crippen LogP) is 17.7. The first-order valence-electron chi connectivity index (χ1n) is 42.4. The number of carbonyl (C=O) groups excluding carboxylic acids is 4. The van der Waals surface area contributed by atoms with Gasteiger partial charge in [0.05, 0.1) is 120 Å². The number of hydrogen-bond acceptors (Lipinski definition) is 17. The number of phenolic OH excluding ortho intramolecular Hbond substituents is 1. The lowest BCUT2D eigenvalue weighted by Gasteiger charge is -2.22. The number of aromatic nitrogens is 8.